The van der Waals surface area contributed by atoms with Crippen molar-refractivity contribution in [2.45, 2.75) is 12.5 Å². The highest BCUT2D eigenvalue weighted by Crippen LogP contribution is 2.31. The Morgan fingerprint density at radius 1 is 1.07 bits per heavy atom. The quantitative estimate of drug-likeness (QED) is 0.382. The van der Waals surface area contributed by atoms with Crippen molar-refractivity contribution in [3.63, 3.8) is 0 Å². The van der Waals surface area contributed by atoms with E-state index in [1.54, 1.807) is 0 Å². The SMILES string of the molecule is C[N+]1(C)CC=CCC1c1ccccc1.[I-]. The van der Waals surface area contributed by atoms with Gasteiger partial charge in [0.25, 0.3) is 0 Å². The molecule has 0 aliphatic carbocycles. The molecule has 1 aliphatic rings. The Labute approximate surface area is 109 Å². The summed E-state index contributed by atoms with van der Waals surface area (Å²) < 4.78 is 1.07. The number of benzene rings is 1. The van der Waals surface area contributed by atoms with Crippen LogP contribution in [0.5, 0.6) is 0 Å². The van der Waals surface area contributed by atoms with E-state index in [9.17, 15) is 0 Å². The highest BCUT2D eigenvalue weighted by molar-refractivity contribution is 5.19. The lowest BCUT2D eigenvalue weighted by molar-refractivity contribution is -0.917. The molecule has 1 unspecified atom stereocenters. The zero-order chi connectivity index (χ0) is 10.0. The van der Waals surface area contributed by atoms with Gasteiger partial charge >= 0.3 is 0 Å². The van der Waals surface area contributed by atoms with Crippen LogP contribution < -0.4 is 24.0 Å². The summed E-state index contributed by atoms with van der Waals surface area (Å²) in [5.41, 5.74) is 1.46. The second-order valence-electron chi connectivity index (χ2n) is 4.59. The predicted octanol–water partition coefficient (Wildman–Crippen LogP) is -0.232. The molecule has 0 saturated carbocycles. The van der Waals surface area contributed by atoms with E-state index in [-0.39, 0.29) is 24.0 Å². The van der Waals surface area contributed by atoms with E-state index in [2.05, 4.69) is 56.6 Å². The molecule has 0 radical (unpaired) electrons. The minimum absolute atomic E-state index is 0. The van der Waals surface area contributed by atoms with Crippen molar-refractivity contribution in [3.8, 4) is 0 Å². The molecule has 0 amide bonds. The topological polar surface area (TPSA) is 0 Å². The maximum atomic E-state index is 2.31. The summed E-state index contributed by atoms with van der Waals surface area (Å²) in [4.78, 5) is 0. The molecule has 0 saturated heterocycles. The summed E-state index contributed by atoms with van der Waals surface area (Å²) in [6.07, 6.45) is 5.76. The predicted molar refractivity (Wildman–Crippen MR) is 59.9 cm³/mol. The van der Waals surface area contributed by atoms with Gasteiger partial charge in [0.05, 0.1) is 20.6 Å². The summed E-state index contributed by atoms with van der Waals surface area (Å²) >= 11 is 0. The first-order chi connectivity index (χ1) is 6.70. The largest absolute Gasteiger partial charge is 1.00 e. The number of hydrogen-bond donors (Lipinski definition) is 0. The lowest BCUT2D eigenvalue weighted by Gasteiger charge is -2.39. The fraction of sp³-hybridized carbons (Fsp3) is 0.385. The first-order valence-electron chi connectivity index (χ1n) is 5.23. The summed E-state index contributed by atoms with van der Waals surface area (Å²) in [5, 5.41) is 0. The average molecular weight is 315 g/mol. The zero-order valence-corrected chi connectivity index (χ0v) is 11.5. The van der Waals surface area contributed by atoms with Gasteiger partial charge in [0, 0.05) is 12.0 Å². The average Bonchev–Trinajstić information content (AvgIpc) is 2.18. The van der Waals surface area contributed by atoms with Crippen molar-refractivity contribution in [3.05, 3.63) is 48.0 Å². The Hall–Kier alpha value is -0.350. The summed E-state index contributed by atoms with van der Waals surface area (Å²) in [7, 11) is 4.61. The van der Waals surface area contributed by atoms with Crippen LogP contribution >= 0.6 is 0 Å². The third-order valence-electron chi connectivity index (χ3n) is 3.13. The van der Waals surface area contributed by atoms with Crippen LogP contribution in [0.1, 0.15) is 18.0 Å². The molecule has 2 heteroatoms. The van der Waals surface area contributed by atoms with Crippen molar-refractivity contribution < 1.29 is 28.5 Å². The number of hydrogen-bond acceptors (Lipinski definition) is 0. The Kier molecular flexibility index (Phi) is 4.34. The van der Waals surface area contributed by atoms with Crippen LogP contribution in [0.3, 0.4) is 0 Å². The fourth-order valence-electron chi connectivity index (χ4n) is 2.20. The molecule has 15 heavy (non-hydrogen) atoms. The van der Waals surface area contributed by atoms with Gasteiger partial charge in [-0.15, -0.1) is 0 Å². The van der Waals surface area contributed by atoms with Crippen molar-refractivity contribution in [1.82, 2.24) is 0 Å². The van der Waals surface area contributed by atoms with Crippen molar-refractivity contribution in [1.29, 1.82) is 0 Å². The molecule has 0 N–H and O–H groups in total. The van der Waals surface area contributed by atoms with E-state index < -0.39 is 0 Å². The van der Waals surface area contributed by atoms with Gasteiger partial charge in [-0.2, -0.15) is 0 Å². The number of rotatable bonds is 1. The maximum absolute atomic E-state index is 2.31. The molecule has 1 aromatic rings. The van der Waals surface area contributed by atoms with Crippen LogP contribution in [0.4, 0.5) is 0 Å². The molecule has 1 heterocycles. The van der Waals surface area contributed by atoms with Crippen LogP contribution in [0.15, 0.2) is 42.5 Å². The van der Waals surface area contributed by atoms with Crippen molar-refractivity contribution in [2.24, 2.45) is 0 Å². The molecular formula is C13H18IN. The van der Waals surface area contributed by atoms with Crippen LogP contribution in [-0.4, -0.2) is 25.1 Å². The molecule has 1 nitrogen and oxygen atoms in total. The molecule has 1 aromatic carbocycles. The van der Waals surface area contributed by atoms with E-state index >= 15 is 0 Å². The molecule has 82 valence electrons. The summed E-state index contributed by atoms with van der Waals surface area (Å²) in [5.74, 6) is 0. The molecule has 1 aliphatic heterocycles. The normalized spacial score (nSPS) is 23.2. The third-order valence-corrected chi connectivity index (χ3v) is 3.13. The van der Waals surface area contributed by atoms with Crippen LogP contribution in [0.2, 0.25) is 0 Å². The molecular weight excluding hydrogens is 297 g/mol. The maximum Gasteiger partial charge on any atom is 0.118 e. The van der Waals surface area contributed by atoms with Crippen LogP contribution in [0, 0.1) is 0 Å². The van der Waals surface area contributed by atoms with Crippen molar-refractivity contribution in [2.75, 3.05) is 20.6 Å². The first-order valence-corrected chi connectivity index (χ1v) is 5.23. The first kappa shape index (κ1) is 12.7. The minimum Gasteiger partial charge on any atom is -1.00 e. The van der Waals surface area contributed by atoms with Crippen LogP contribution in [0.25, 0.3) is 0 Å². The van der Waals surface area contributed by atoms with Gasteiger partial charge in [0.1, 0.15) is 6.04 Å². The third kappa shape index (κ3) is 2.82. The molecule has 0 spiro atoms. The highest BCUT2D eigenvalue weighted by Gasteiger charge is 2.29. The molecule has 0 aromatic heterocycles. The van der Waals surface area contributed by atoms with Crippen molar-refractivity contribution >= 4 is 0 Å². The Morgan fingerprint density at radius 2 is 1.73 bits per heavy atom. The number of likely N-dealkylation sites (N-methyl/N-ethyl adjacent to an activating group) is 1. The van der Waals surface area contributed by atoms with Crippen LogP contribution in [-0.2, 0) is 0 Å². The van der Waals surface area contributed by atoms with Gasteiger partial charge in [-0.05, 0) is 6.08 Å². The smallest absolute Gasteiger partial charge is 0.118 e. The second kappa shape index (κ2) is 5.12. The molecule has 2 rings (SSSR count). The van der Waals surface area contributed by atoms with E-state index in [1.165, 1.54) is 5.56 Å². The van der Waals surface area contributed by atoms with Gasteiger partial charge in [0.15, 0.2) is 0 Å². The number of nitrogens with zero attached hydrogens (tertiary/aromatic N) is 1. The molecule has 0 bridgehead atoms. The van der Waals surface area contributed by atoms with Gasteiger partial charge in [-0.1, -0.05) is 36.4 Å². The van der Waals surface area contributed by atoms with E-state index in [0.717, 1.165) is 17.4 Å². The van der Waals surface area contributed by atoms with E-state index in [0.29, 0.717) is 6.04 Å². The van der Waals surface area contributed by atoms with Gasteiger partial charge < -0.3 is 28.5 Å². The van der Waals surface area contributed by atoms with Gasteiger partial charge in [-0.25, -0.2) is 0 Å². The highest BCUT2D eigenvalue weighted by atomic mass is 127. The number of quaternary nitrogens is 1. The zero-order valence-electron chi connectivity index (χ0n) is 9.36. The Morgan fingerprint density at radius 3 is 2.33 bits per heavy atom. The monoisotopic (exact) mass is 315 g/mol. The number of halogens is 1. The fourth-order valence-corrected chi connectivity index (χ4v) is 2.20. The standard InChI is InChI=1S/C13H18N.HI/c1-14(2)11-7-6-10-13(14)12-8-4-3-5-9-12;/h3-9,13H,10-11H2,1-2H3;1H/q+1;/p-1. The molecule has 0 fully saturated rings. The summed E-state index contributed by atoms with van der Waals surface area (Å²) in [6.45, 7) is 1.14. The summed E-state index contributed by atoms with van der Waals surface area (Å²) in [6, 6.07) is 11.5. The minimum atomic E-state index is 0. The lowest BCUT2D eigenvalue weighted by atomic mass is 9.97. The lowest BCUT2D eigenvalue weighted by Crippen LogP contribution is -3.00. The van der Waals surface area contributed by atoms with E-state index in [1.807, 2.05) is 0 Å². The second-order valence-corrected chi connectivity index (χ2v) is 4.59. The molecule has 1 atom stereocenters. The Balaban J connectivity index is 0.00000112. The Bertz CT molecular complexity index is 330. The van der Waals surface area contributed by atoms with Gasteiger partial charge in [0.2, 0.25) is 0 Å². The van der Waals surface area contributed by atoms with Gasteiger partial charge in [-0.3, -0.25) is 0 Å². The van der Waals surface area contributed by atoms with E-state index in [4.69, 9.17) is 0 Å².